The molecule has 0 aliphatic carbocycles. The SMILES string of the molecule is O=C(CC(=O)c1ccc2c(c1)OCCO2)c1ccncc1. The van der Waals surface area contributed by atoms with Crippen molar-refractivity contribution in [2.24, 2.45) is 0 Å². The number of fused-ring (bicyclic) bond motifs is 1. The van der Waals surface area contributed by atoms with Crippen molar-refractivity contribution in [3.63, 3.8) is 0 Å². The highest BCUT2D eigenvalue weighted by Gasteiger charge is 2.17. The Kier molecular flexibility index (Phi) is 3.64. The molecule has 0 bridgehead atoms. The predicted octanol–water partition coefficient (Wildman–Crippen LogP) is 2.31. The minimum atomic E-state index is -0.242. The van der Waals surface area contributed by atoms with Gasteiger partial charge in [-0.15, -0.1) is 0 Å². The number of carbonyl (C=O) groups is 2. The van der Waals surface area contributed by atoms with Crippen LogP contribution in [-0.4, -0.2) is 29.8 Å². The molecule has 21 heavy (non-hydrogen) atoms. The Morgan fingerprint density at radius 2 is 1.57 bits per heavy atom. The zero-order chi connectivity index (χ0) is 14.7. The van der Waals surface area contributed by atoms with Crippen LogP contribution >= 0.6 is 0 Å². The van der Waals surface area contributed by atoms with Crippen molar-refractivity contribution >= 4 is 11.6 Å². The first-order valence-corrected chi connectivity index (χ1v) is 6.60. The van der Waals surface area contributed by atoms with Crippen molar-refractivity contribution in [3.8, 4) is 11.5 Å². The summed E-state index contributed by atoms with van der Waals surface area (Å²) in [5.41, 5.74) is 0.928. The van der Waals surface area contributed by atoms with E-state index in [0.29, 0.717) is 35.8 Å². The van der Waals surface area contributed by atoms with Crippen LogP contribution in [0.5, 0.6) is 11.5 Å². The molecule has 1 aliphatic rings. The number of ketones is 2. The highest BCUT2D eigenvalue weighted by atomic mass is 16.6. The second kappa shape index (κ2) is 5.75. The van der Waals surface area contributed by atoms with Crippen molar-refractivity contribution in [1.82, 2.24) is 4.98 Å². The number of hydrogen-bond donors (Lipinski definition) is 0. The van der Waals surface area contributed by atoms with Gasteiger partial charge in [-0.3, -0.25) is 14.6 Å². The van der Waals surface area contributed by atoms with E-state index in [1.165, 1.54) is 12.4 Å². The van der Waals surface area contributed by atoms with Crippen LogP contribution in [0.3, 0.4) is 0 Å². The second-order valence-electron chi connectivity index (χ2n) is 4.62. The lowest BCUT2D eigenvalue weighted by atomic mass is 10.0. The number of benzene rings is 1. The topological polar surface area (TPSA) is 65.5 Å². The first-order valence-electron chi connectivity index (χ1n) is 6.60. The average molecular weight is 283 g/mol. The Hall–Kier alpha value is -2.69. The maximum absolute atomic E-state index is 12.2. The van der Waals surface area contributed by atoms with Crippen molar-refractivity contribution in [3.05, 3.63) is 53.9 Å². The van der Waals surface area contributed by atoms with Gasteiger partial charge in [0.1, 0.15) is 13.2 Å². The van der Waals surface area contributed by atoms with Crippen molar-refractivity contribution in [2.75, 3.05) is 13.2 Å². The Morgan fingerprint density at radius 1 is 0.905 bits per heavy atom. The minimum Gasteiger partial charge on any atom is -0.486 e. The Balaban J connectivity index is 1.75. The lowest BCUT2D eigenvalue weighted by Crippen LogP contribution is -2.16. The molecule has 2 aromatic rings. The van der Waals surface area contributed by atoms with E-state index in [4.69, 9.17) is 9.47 Å². The summed E-state index contributed by atoms with van der Waals surface area (Å²) in [5.74, 6) is 0.702. The molecule has 1 aromatic carbocycles. The molecule has 0 amide bonds. The van der Waals surface area contributed by atoms with Gasteiger partial charge in [-0.2, -0.15) is 0 Å². The summed E-state index contributed by atoms with van der Waals surface area (Å²) in [7, 11) is 0. The summed E-state index contributed by atoms with van der Waals surface area (Å²) >= 11 is 0. The van der Waals surface area contributed by atoms with Gasteiger partial charge in [-0.05, 0) is 30.3 Å². The predicted molar refractivity (Wildman–Crippen MR) is 74.9 cm³/mol. The van der Waals surface area contributed by atoms with Crippen molar-refractivity contribution in [2.45, 2.75) is 6.42 Å². The van der Waals surface area contributed by atoms with Crippen molar-refractivity contribution < 1.29 is 19.1 Å². The summed E-state index contributed by atoms with van der Waals surface area (Å²) in [6, 6.07) is 8.16. The summed E-state index contributed by atoms with van der Waals surface area (Å²) in [6.07, 6.45) is 2.88. The number of nitrogens with zero attached hydrogens (tertiary/aromatic N) is 1. The summed E-state index contributed by atoms with van der Waals surface area (Å²) in [6.45, 7) is 0.960. The standard InChI is InChI=1S/C16H13NO4/c18-13(11-3-5-17-6-4-11)10-14(19)12-1-2-15-16(9-12)21-8-7-20-15/h1-6,9H,7-8,10H2. The fourth-order valence-corrected chi connectivity index (χ4v) is 2.10. The third-order valence-corrected chi connectivity index (χ3v) is 3.19. The van der Waals surface area contributed by atoms with Gasteiger partial charge in [0.25, 0.3) is 0 Å². The number of carbonyl (C=O) groups excluding carboxylic acids is 2. The molecule has 0 saturated carbocycles. The number of rotatable bonds is 4. The van der Waals surface area contributed by atoms with E-state index in [9.17, 15) is 9.59 Å². The largest absolute Gasteiger partial charge is 0.486 e. The maximum Gasteiger partial charge on any atom is 0.170 e. The van der Waals surface area contributed by atoms with E-state index >= 15 is 0 Å². The molecule has 0 unspecified atom stereocenters. The molecule has 2 heterocycles. The minimum absolute atomic E-state index is 0.177. The quantitative estimate of drug-likeness (QED) is 0.636. The zero-order valence-corrected chi connectivity index (χ0v) is 11.2. The van der Waals surface area contributed by atoms with Gasteiger partial charge in [-0.25, -0.2) is 0 Å². The van der Waals surface area contributed by atoms with Crippen LogP contribution < -0.4 is 9.47 Å². The zero-order valence-electron chi connectivity index (χ0n) is 11.2. The molecule has 1 aliphatic heterocycles. The summed E-state index contributed by atoms with van der Waals surface area (Å²) in [4.78, 5) is 28.0. The normalized spacial score (nSPS) is 12.8. The van der Waals surface area contributed by atoms with Crippen molar-refractivity contribution in [1.29, 1.82) is 0 Å². The average Bonchev–Trinajstić information content (AvgIpc) is 2.55. The van der Waals surface area contributed by atoms with E-state index in [0.717, 1.165) is 0 Å². The molecule has 106 valence electrons. The van der Waals surface area contributed by atoms with Gasteiger partial charge in [0.2, 0.25) is 0 Å². The molecule has 5 heteroatoms. The van der Waals surface area contributed by atoms with Crippen LogP contribution in [0.1, 0.15) is 27.1 Å². The van der Waals surface area contributed by atoms with E-state index in [1.54, 1.807) is 30.3 Å². The number of aromatic nitrogens is 1. The van der Waals surface area contributed by atoms with Crippen LogP contribution in [0.15, 0.2) is 42.7 Å². The van der Waals surface area contributed by atoms with E-state index in [2.05, 4.69) is 4.98 Å². The summed E-state index contributed by atoms with van der Waals surface area (Å²) < 4.78 is 10.8. The smallest absolute Gasteiger partial charge is 0.170 e. The van der Waals surface area contributed by atoms with Crippen LogP contribution in [0.4, 0.5) is 0 Å². The fourth-order valence-electron chi connectivity index (χ4n) is 2.10. The third kappa shape index (κ3) is 2.91. The maximum atomic E-state index is 12.2. The monoisotopic (exact) mass is 283 g/mol. The molecule has 0 atom stereocenters. The van der Waals surface area contributed by atoms with Gasteiger partial charge >= 0.3 is 0 Å². The molecule has 0 fully saturated rings. The summed E-state index contributed by atoms with van der Waals surface area (Å²) in [5, 5.41) is 0. The molecule has 0 spiro atoms. The Bertz CT molecular complexity index is 682. The molecular weight excluding hydrogens is 270 g/mol. The highest BCUT2D eigenvalue weighted by molar-refractivity contribution is 6.13. The van der Waals surface area contributed by atoms with Gasteiger partial charge in [-0.1, -0.05) is 0 Å². The number of ether oxygens (including phenoxy) is 2. The Morgan fingerprint density at radius 3 is 2.33 bits per heavy atom. The first kappa shape index (κ1) is 13.3. The molecule has 3 rings (SSSR count). The lowest BCUT2D eigenvalue weighted by molar-refractivity contribution is 0.0893. The van der Waals surface area contributed by atoms with E-state index in [-0.39, 0.29) is 18.0 Å². The number of hydrogen-bond acceptors (Lipinski definition) is 5. The van der Waals surface area contributed by atoms with Crippen LogP contribution in [0.25, 0.3) is 0 Å². The second-order valence-corrected chi connectivity index (χ2v) is 4.62. The van der Waals surface area contributed by atoms with Crippen LogP contribution in [0, 0.1) is 0 Å². The van der Waals surface area contributed by atoms with Gasteiger partial charge in [0, 0.05) is 23.5 Å². The third-order valence-electron chi connectivity index (χ3n) is 3.19. The molecule has 0 N–H and O–H groups in total. The highest BCUT2D eigenvalue weighted by Crippen LogP contribution is 2.31. The molecular formula is C16H13NO4. The molecule has 0 radical (unpaired) electrons. The molecule has 1 aromatic heterocycles. The number of pyridine rings is 1. The van der Waals surface area contributed by atoms with E-state index < -0.39 is 0 Å². The fraction of sp³-hybridized carbons (Fsp3) is 0.188. The van der Waals surface area contributed by atoms with E-state index in [1.807, 2.05) is 0 Å². The Labute approximate surface area is 121 Å². The molecule has 5 nitrogen and oxygen atoms in total. The lowest BCUT2D eigenvalue weighted by Gasteiger charge is -2.18. The van der Waals surface area contributed by atoms with Gasteiger partial charge in [0.05, 0.1) is 6.42 Å². The van der Waals surface area contributed by atoms with Crippen LogP contribution in [0.2, 0.25) is 0 Å². The number of Topliss-reactive ketones (excluding diaryl/α,β-unsaturated/α-hetero) is 2. The van der Waals surface area contributed by atoms with Gasteiger partial charge < -0.3 is 9.47 Å². The van der Waals surface area contributed by atoms with Crippen LogP contribution in [-0.2, 0) is 0 Å². The first-order chi connectivity index (χ1) is 10.2. The van der Waals surface area contributed by atoms with Gasteiger partial charge in [0.15, 0.2) is 23.1 Å². The molecule has 0 saturated heterocycles.